The van der Waals surface area contributed by atoms with E-state index in [1.54, 1.807) is 13.3 Å². The lowest BCUT2D eigenvalue weighted by atomic mass is 10.2. The summed E-state index contributed by atoms with van der Waals surface area (Å²) in [6.45, 7) is 6.05. The average molecular weight is 265 g/mol. The lowest BCUT2D eigenvalue weighted by Crippen LogP contribution is -2.20. The number of aryl methyl sites for hydroxylation is 1. The largest absolute Gasteiger partial charge is 0.339 e. The Morgan fingerprint density at radius 2 is 2.15 bits per heavy atom. The molecule has 3 aromatic heterocycles. The van der Waals surface area contributed by atoms with Gasteiger partial charge in [-0.15, -0.1) is 0 Å². The minimum absolute atomic E-state index is 0.809. The van der Waals surface area contributed by atoms with Gasteiger partial charge < -0.3 is 4.98 Å². The first-order valence-corrected chi connectivity index (χ1v) is 6.31. The van der Waals surface area contributed by atoms with Gasteiger partial charge in [0.25, 0.3) is 0 Å². The number of aromatic nitrogens is 4. The number of nitrogens with one attached hydrogen (secondary N) is 2. The molecule has 2 N–H and O–H groups in total. The number of fused-ring (bicyclic) bond motifs is 1. The molecule has 0 atom stereocenters. The summed E-state index contributed by atoms with van der Waals surface area (Å²) in [5.41, 5.74) is 3.49. The third-order valence-corrected chi connectivity index (χ3v) is 3.16. The van der Waals surface area contributed by atoms with Gasteiger partial charge in [-0.05, 0) is 31.2 Å². The lowest BCUT2D eigenvalue weighted by Gasteiger charge is -1.95. The Kier molecular flexibility index (Phi) is 2.95. The molecule has 0 saturated carbocycles. The van der Waals surface area contributed by atoms with E-state index in [1.807, 2.05) is 31.2 Å². The van der Waals surface area contributed by atoms with E-state index in [4.69, 9.17) is 0 Å². The van der Waals surface area contributed by atoms with Crippen LogP contribution in [0.4, 0.5) is 0 Å². The molecular formula is C15H15N5. The van der Waals surface area contributed by atoms with Gasteiger partial charge in [0.05, 0.1) is 5.69 Å². The minimum atomic E-state index is 0.809. The molecule has 0 aliphatic rings. The fourth-order valence-electron chi connectivity index (χ4n) is 2.13. The molecule has 3 aromatic rings. The van der Waals surface area contributed by atoms with Crippen LogP contribution >= 0.6 is 0 Å². The smallest absolute Gasteiger partial charge is 0.139 e. The molecule has 0 aliphatic heterocycles. The van der Waals surface area contributed by atoms with Crippen LogP contribution in [0.3, 0.4) is 0 Å². The molecule has 0 fully saturated rings. The van der Waals surface area contributed by atoms with Crippen molar-refractivity contribution in [2.45, 2.75) is 6.92 Å². The molecule has 0 unspecified atom stereocenters. The molecule has 20 heavy (non-hydrogen) atoms. The summed E-state index contributed by atoms with van der Waals surface area (Å²) in [5, 5.41) is 10.0. The predicted molar refractivity (Wildman–Crippen MR) is 82.1 cm³/mol. The molecule has 3 rings (SSSR count). The van der Waals surface area contributed by atoms with Crippen molar-refractivity contribution in [3.8, 4) is 11.4 Å². The standard InChI is InChI=1S/C15H15N5/c1-9-8-14(20-19-9)13-5-4-11-10(2)12(6-7-16-3)17-15(11)18-13/h4-8H,2H2,1,3H3,(H,17,18)(H,19,20)/b12-6+,16-7?. The minimum Gasteiger partial charge on any atom is -0.339 e. The van der Waals surface area contributed by atoms with Crippen molar-refractivity contribution in [3.63, 3.8) is 0 Å². The van der Waals surface area contributed by atoms with Crippen molar-refractivity contribution in [2.75, 3.05) is 7.05 Å². The summed E-state index contributed by atoms with van der Waals surface area (Å²) in [5.74, 6) is 0. The number of rotatable bonds is 2. The zero-order chi connectivity index (χ0) is 14.1. The Bertz CT molecular complexity index is 898. The Morgan fingerprint density at radius 1 is 1.30 bits per heavy atom. The molecule has 0 bridgehead atoms. The number of hydrogen-bond acceptors (Lipinski definition) is 3. The van der Waals surface area contributed by atoms with Gasteiger partial charge in [0.15, 0.2) is 0 Å². The van der Waals surface area contributed by atoms with Gasteiger partial charge in [-0.25, -0.2) is 4.98 Å². The highest BCUT2D eigenvalue weighted by Gasteiger charge is 2.06. The Morgan fingerprint density at radius 3 is 2.85 bits per heavy atom. The zero-order valence-electron chi connectivity index (χ0n) is 11.4. The van der Waals surface area contributed by atoms with Crippen LogP contribution < -0.4 is 10.6 Å². The summed E-state index contributed by atoms with van der Waals surface area (Å²) in [6.07, 6.45) is 3.62. The fourth-order valence-corrected chi connectivity index (χ4v) is 2.13. The molecule has 5 nitrogen and oxygen atoms in total. The summed E-state index contributed by atoms with van der Waals surface area (Å²) in [4.78, 5) is 11.8. The molecule has 100 valence electrons. The van der Waals surface area contributed by atoms with Crippen LogP contribution in [-0.2, 0) is 0 Å². The second kappa shape index (κ2) is 4.77. The van der Waals surface area contributed by atoms with E-state index < -0.39 is 0 Å². The van der Waals surface area contributed by atoms with Crippen LogP contribution in [0, 0.1) is 6.92 Å². The predicted octanol–water partition coefficient (Wildman–Crippen LogP) is 1.15. The summed E-state index contributed by atoms with van der Waals surface area (Å²) >= 11 is 0. The van der Waals surface area contributed by atoms with E-state index in [-0.39, 0.29) is 0 Å². The van der Waals surface area contributed by atoms with Gasteiger partial charge in [-0.3, -0.25) is 10.1 Å². The van der Waals surface area contributed by atoms with Crippen molar-refractivity contribution in [1.29, 1.82) is 0 Å². The van der Waals surface area contributed by atoms with Crippen LogP contribution in [0.25, 0.3) is 35.1 Å². The first-order chi connectivity index (χ1) is 9.69. The van der Waals surface area contributed by atoms with E-state index in [0.717, 1.165) is 38.7 Å². The second-order valence-electron chi connectivity index (χ2n) is 4.62. The van der Waals surface area contributed by atoms with Gasteiger partial charge >= 0.3 is 0 Å². The van der Waals surface area contributed by atoms with E-state index in [0.29, 0.717) is 0 Å². The second-order valence-corrected chi connectivity index (χ2v) is 4.62. The van der Waals surface area contributed by atoms with Gasteiger partial charge in [-0.1, -0.05) is 6.58 Å². The van der Waals surface area contributed by atoms with Gasteiger partial charge in [0.1, 0.15) is 11.3 Å². The van der Waals surface area contributed by atoms with Crippen LogP contribution in [0.2, 0.25) is 0 Å². The normalized spacial score (nSPS) is 12.8. The number of H-pyrrole nitrogens is 2. The monoisotopic (exact) mass is 265 g/mol. The van der Waals surface area contributed by atoms with E-state index >= 15 is 0 Å². The highest BCUT2D eigenvalue weighted by molar-refractivity contribution is 5.92. The van der Waals surface area contributed by atoms with Crippen molar-refractivity contribution in [3.05, 3.63) is 34.5 Å². The maximum Gasteiger partial charge on any atom is 0.139 e. The lowest BCUT2D eigenvalue weighted by molar-refractivity contribution is 1.05. The Balaban J connectivity index is 2.20. The number of hydrogen-bond donors (Lipinski definition) is 2. The van der Waals surface area contributed by atoms with E-state index in [1.165, 1.54) is 0 Å². The van der Waals surface area contributed by atoms with Crippen LogP contribution in [-0.4, -0.2) is 33.4 Å². The molecule has 0 aromatic carbocycles. The highest BCUT2D eigenvalue weighted by Crippen LogP contribution is 2.16. The maximum absolute atomic E-state index is 4.61. The SMILES string of the molecule is C=c1/c(=C\C=NC)[nH]c2nc(-c3cc(C)[nH]n3)ccc12. The van der Waals surface area contributed by atoms with Crippen LogP contribution in [0.5, 0.6) is 0 Å². The van der Waals surface area contributed by atoms with E-state index in [9.17, 15) is 0 Å². The number of pyridine rings is 1. The summed E-state index contributed by atoms with van der Waals surface area (Å²) < 4.78 is 0. The van der Waals surface area contributed by atoms with Crippen molar-refractivity contribution in [2.24, 2.45) is 4.99 Å². The molecule has 3 heterocycles. The van der Waals surface area contributed by atoms with Gasteiger partial charge in [0.2, 0.25) is 0 Å². The highest BCUT2D eigenvalue weighted by atomic mass is 15.1. The molecule has 0 saturated heterocycles. The molecule has 0 amide bonds. The third-order valence-electron chi connectivity index (χ3n) is 3.16. The Hall–Kier alpha value is -2.69. The van der Waals surface area contributed by atoms with Crippen molar-refractivity contribution < 1.29 is 0 Å². The fraction of sp³-hybridized carbons (Fsp3) is 0.133. The zero-order valence-corrected chi connectivity index (χ0v) is 11.4. The first kappa shape index (κ1) is 12.3. The third kappa shape index (κ3) is 2.03. The maximum atomic E-state index is 4.61. The van der Waals surface area contributed by atoms with Gasteiger partial charge in [0, 0.05) is 34.9 Å². The van der Waals surface area contributed by atoms with Crippen LogP contribution in [0.15, 0.2) is 23.2 Å². The molecular weight excluding hydrogens is 250 g/mol. The Labute approximate surface area is 115 Å². The van der Waals surface area contributed by atoms with Crippen LogP contribution in [0.1, 0.15) is 5.69 Å². The van der Waals surface area contributed by atoms with Crippen molar-refractivity contribution >= 4 is 29.9 Å². The number of aromatic amines is 2. The first-order valence-electron chi connectivity index (χ1n) is 6.31. The summed E-state index contributed by atoms with van der Waals surface area (Å²) in [6, 6.07) is 5.94. The number of aliphatic imine (C=N–C) groups is 1. The molecule has 5 heteroatoms. The van der Waals surface area contributed by atoms with E-state index in [2.05, 4.69) is 31.7 Å². The molecule has 0 spiro atoms. The van der Waals surface area contributed by atoms with Gasteiger partial charge in [-0.2, -0.15) is 5.10 Å². The quantitative estimate of drug-likeness (QED) is 0.682. The average Bonchev–Trinajstić information content (AvgIpc) is 3.01. The molecule has 0 aliphatic carbocycles. The number of nitrogens with zero attached hydrogens (tertiary/aromatic N) is 3. The summed E-state index contributed by atoms with van der Waals surface area (Å²) in [7, 11) is 1.73. The van der Waals surface area contributed by atoms with Crippen molar-refractivity contribution in [1.82, 2.24) is 20.2 Å². The topological polar surface area (TPSA) is 69.7 Å². The molecule has 0 radical (unpaired) electrons.